The monoisotopic (exact) mass is 479 g/mol. The molecule has 0 bridgehead atoms. The summed E-state index contributed by atoms with van der Waals surface area (Å²) in [5.41, 5.74) is 2.76. The van der Waals surface area contributed by atoms with Gasteiger partial charge in [-0.1, -0.05) is 36.4 Å². The number of para-hydroxylation sites is 1. The molecule has 31 heavy (non-hydrogen) atoms. The van der Waals surface area contributed by atoms with Gasteiger partial charge in [-0.15, -0.1) is 0 Å². The molecule has 0 aliphatic heterocycles. The lowest BCUT2D eigenvalue weighted by molar-refractivity contribution is 0.0785. The number of benzene rings is 3. The first-order valence-electron chi connectivity index (χ1n) is 9.62. The lowest BCUT2D eigenvalue weighted by Crippen LogP contribution is -2.27. The first-order chi connectivity index (χ1) is 14.9. The first-order valence-corrected chi connectivity index (χ1v) is 10.4. The van der Waals surface area contributed by atoms with Crippen LogP contribution < -0.4 is 10.6 Å². The van der Waals surface area contributed by atoms with Crippen molar-refractivity contribution in [2.75, 3.05) is 19.4 Å². The van der Waals surface area contributed by atoms with Crippen LogP contribution in [0.1, 0.15) is 36.6 Å². The second-order valence-electron chi connectivity index (χ2n) is 6.92. The number of amides is 3. The number of carbonyl (C=O) groups is 3. The van der Waals surface area contributed by atoms with Gasteiger partial charge in [0.1, 0.15) is 0 Å². The van der Waals surface area contributed by atoms with Crippen LogP contribution in [0.25, 0.3) is 0 Å². The SMILES string of the molecule is CNC(=O)c1ccc(CN(C)C(=O)c2ccccc2NC(=O)c2ccccc2Br)cc1. The minimum atomic E-state index is -0.305. The van der Waals surface area contributed by atoms with E-state index in [1.54, 1.807) is 73.6 Å². The second kappa shape index (κ2) is 10.0. The molecule has 6 nitrogen and oxygen atoms in total. The molecule has 0 radical (unpaired) electrons. The van der Waals surface area contributed by atoms with E-state index in [2.05, 4.69) is 26.6 Å². The quantitative estimate of drug-likeness (QED) is 0.551. The number of hydrogen-bond acceptors (Lipinski definition) is 3. The summed E-state index contributed by atoms with van der Waals surface area (Å²) in [6, 6.07) is 21.1. The first kappa shape index (κ1) is 22.2. The molecular weight excluding hydrogens is 458 g/mol. The molecule has 0 aliphatic carbocycles. The van der Waals surface area contributed by atoms with Crippen molar-refractivity contribution in [2.24, 2.45) is 0 Å². The number of rotatable bonds is 6. The average molecular weight is 480 g/mol. The maximum Gasteiger partial charge on any atom is 0.256 e. The lowest BCUT2D eigenvalue weighted by atomic mass is 10.1. The molecule has 0 aliphatic rings. The number of nitrogens with zero attached hydrogens (tertiary/aromatic N) is 1. The van der Waals surface area contributed by atoms with E-state index < -0.39 is 0 Å². The molecule has 3 aromatic carbocycles. The predicted octanol–water partition coefficient (Wildman–Crippen LogP) is 4.33. The predicted molar refractivity (Wildman–Crippen MR) is 124 cm³/mol. The van der Waals surface area contributed by atoms with Gasteiger partial charge in [0.25, 0.3) is 17.7 Å². The van der Waals surface area contributed by atoms with Crippen LogP contribution in [0, 0.1) is 0 Å². The van der Waals surface area contributed by atoms with Crippen molar-refractivity contribution in [3.8, 4) is 0 Å². The molecule has 0 saturated heterocycles. The third kappa shape index (κ3) is 5.38. The van der Waals surface area contributed by atoms with Gasteiger partial charge >= 0.3 is 0 Å². The molecule has 2 N–H and O–H groups in total. The summed E-state index contributed by atoms with van der Waals surface area (Å²) >= 11 is 3.38. The Morgan fingerprint density at radius 2 is 1.45 bits per heavy atom. The highest BCUT2D eigenvalue weighted by molar-refractivity contribution is 9.10. The van der Waals surface area contributed by atoms with Crippen LogP contribution in [0.2, 0.25) is 0 Å². The molecule has 0 atom stereocenters. The topological polar surface area (TPSA) is 78.5 Å². The van der Waals surface area contributed by atoms with Crippen LogP contribution >= 0.6 is 15.9 Å². The van der Waals surface area contributed by atoms with Crippen LogP contribution in [0.4, 0.5) is 5.69 Å². The van der Waals surface area contributed by atoms with Crippen LogP contribution in [0.15, 0.2) is 77.3 Å². The van der Waals surface area contributed by atoms with Gasteiger partial charge in [-0.05, 0) is 57.9 Å². The van der Waals surface area contributed by atoms with Crippen molar-refractivity contribution in [1.29, 1.82) is 0 Å². The number of anilines is 1. The van der Waals surface area contributed by atoms with Crippen molar-refractivity contribution in [3.05, 3.63) is 99.5 Å². The van der Waals surface area contributed by atoms with Gasteiger partial charge in [-0.3, -0.25) is 14.4 Å². The van der Waals surface area contributed by atoms with Crippen LogP contribution in [0.3, 0.4) is 0 Å². The molecule has 0 aromatic heterocycles. The maximum atomic E-state index is 13.1. The van der Waals surface area contributed by atoms with Crippen molar-refractivity contribution in [3.63, 3.8) is 0 Å². The van der Waals surface area contributed by atoms with E-state index >= 15 is 0 Å². The van der Waals surface area contributed by atoms with Gasteiger partial charge in [0.05, 0.1) is 16.8 Å². The summed E-state index contributed by atoms with van der Waals surface area (Å²) in [7, 11) is 3.27. The Hall–Kier alpha value is -3.45. The number of carbonyl (C=O) groups excluding carboxylic acids is 3. The number of nitrogens with one attached hydrogen (secondary N) is 2. The van der Waals surface area contributed by atoms with Crippen molar-refractivity contribution >= 4 is 39.3 Å². The standard InChI is InChI=1S/C24H22BrN3O3/c1-26-22(29)17-13-11-16(12-14-17)15-28(2)24(31)19-8-4-6-10-21(19)27-23(30)18-7-3-5-9-20(18)25/h3-14H,15H2,1-2H3,(H,26,29)(H,27,30). The smallest absolute Gasteiger partial charge is 0.256 e. The summed E-state index contributed by atoms with van der Waals surface area (Å²) in [5, 5.41) is 5.41. The molecular formula is C24H22BrN3O3. The minimum absolute atomic E-state index is 0.161. The van der Waals surface area contributed by atoms with E-state index in [9.17, 15) is 14.4 Å². The highest BCUT2D eigenvalue weighted by Gasteiger charge is 2.18. The zero-order chi connectivity index (χ0) is 22.4. The number of halogens is 1. The van der Waals surface area contributed by atoms with Gasteiger partial charge < -0.3 is 15.5 Å². The highest BCUT2D eigenvalue weighted by Crippen LogP contribution is 2.22. The van der Waals surface area contributed by atoms with Crippen molar-refractivity contribution in [2.45, 2.75) is 6.54 Å². The van der Waals surface area contributed by atoms with Gasteiger partial charge in [0, 0.05) is 30.7 Å². The molecule has 3 aromatic rings. The minimum Gasteiger partial charge on any atom is -0.355 e. The number of hydrogen-bond donors (Lipinski definition) is 2. The van der Waals surface area contributed by atoms with Gasteiger partial charge in [-0.25, -0.2) is 0 Å². The fourth-order valence-electron chi connectivity index (χ4n) is 3.07. The van der Waals surface area contributed by atoms with Gasteiger partial charge in [-0.2, -0.15) is 0 Å². The largest absolute Gasteiger partial charge is 0.355 e. The summed E-state index contributed by atoms with van der Waals surface area (Å²) < 4.78 is 0.675. The zero-order valence-corrected chi connectivity index (χ0v) is 18.8. The molecule has 158 valence electrons. The normalized spacial score (nSPS) is 10.3. The van der Waals surface area contributed by atoms with E-state index in [1.807, 2.05) is 18.2 Å². The van der Waals surface area contributed by atoms with E-state index in [0.717, 1.165) is 5.56 Å². The van der Waals surface area contributed by atoms with Crippen molar-refractivity contribution in [1.82, 2.24) is 10.2 Å². The Kier molecular flexibility index (Phi) is 7.20. The van der Waals surface area contributed by atoms with Gasteiger partial charge in [0.15, 0.2) is 0 Å². The van der Waals surface area contributed by atoms with Crippen molar-refractivity contribution < 1.29 is 14.4 Å². The maximum absolute atomic E-state index is 13.1. The summed E-state index contributed by atoms with van der Waals surface area (Å²) in [6.45, 7) is 0.360. The molecule has 3 amide bonds. The van der Waals surface area contributed by atoms with E-state index in [4.69, 9.17) is 0 Å². The third-order valence-corrected chi connectivity index (χ3v) is 5.43. The zero-order valence-electron chi connectivity index (χ0n) is 17.2. The Morgan fingerprint density at radius 1 is 0.839 bits per heavy atom. The molecule has 3 rings (SSSR count). The van der Waals surface area contributed by atoms with E-state index in [1.165, 1.54) is 0 Å². The Bertz CT molecular complexity index is 1110. The summed E-state index contributed by atoms with van der Waals surface area (Å²) in [4.78, 5) is 39.0. The molecule has 0 unspecified atom stereocenters. The Morgan fingerprint density at radius 3 is 2.10 bits per heavy atom. The fourth-order valence-corrected chi connectivity index (χ4v) is 3.54. The third-order valence-electron chi connectivity index (χ3n) is 4.73. The van der Waals surface area contributed by atoms with Crippen LogP contribution in [0.5, 0.6) is 0 Å². The highest BCUT2D eigenvalue weighted by atomic mass is 79.9. The Labute approximate surface area is 189 Å². The molecule has 0 fully saturated rings. The molecule has 0 spiro atoms. The summed E-state index contributed by atoms with van der Waals surface area (Å²) in [5.74, 6) is -0.690. The Balaban J connectivity index is 1.75. The average Bonchev–Trinajstić information content (AvgIpc) is 2.79. The molecule has 0 saturated carbocycles. The second-order valence-corrected chi connectivity index (χ2v) is 7.77. The summed E-state index contributed by atoms with van der Waals surface area (Å²) in [6.07, 6.45) is 0. The van der Waals surface area contributed by atoms with Crippen LogP contribution in [-0.2, 0) is 6.54 Å². The van der Waals surface area contributed by atoms with Gasteiger partial charge in [0.2, 0.25) is 0 Å². The fraction of sp³-hybridized carbons (Fsp3) is 0.125. The van der Waals surface area contributed by atoms with E-state index in [-0.39, 0.29) is 17.7 Å². The molecule has 7 heteroatoms. The molecule has 0 heterocycles. The van der Waals surface area contributed by atoms with Crippen LogP contribution in [-0.4, -0.2) is 36.7 Å². The lowest BCUT2D eigenvalue weighted by Gasteiger charge is -2.20. The van der Waals surface area contributed by atoms with E-state index in [0.29, 0.717) is 33.4 Å².